The third-order valence-electron chi connectivity index (χ3n) is 17.6. The molecule has 48 heteroatoms. The molecule has 120 heavy (non-hydrogen) atoms. The SMILES string of the molecule is CCO[Si](CSSSSC(CCC(C)CCCC(C)CCCCC(C)CCCC(C)CCCC(C)C)(SSSSC[Si](OCC)(OCC)OCC)C(C)(SSSSC[Si](OCC)(OCC)OCC)C(SSSSC[Si](OCC)(OCC)OCC)(SSSSC[Si](OCC)(OCC)OCC)SSSSC[Si](OCC)(OCC)OCC)(OCC)OCC. The summed E-state index contributed by atoms with van der Waals surface area (Å²) in [5, 5.41) is 3.53. The Bertz CT molecular complexity index is 2110. The summed E-state index contributed by atoms with van der Waals surface area (Å²) in [6, 6.07) is 0. The molecule has 0 aromatic heterocycles. The molecule has 722 valence electrons. The highest BCUT2D eigenvalue weighted by molar-refractivity contribution is 9.33. The van der Waals surface area contributed by atoms with Crippen molar-refractivity contribution >= 4 is 300 Å². The second-order valence-corrected chi connectivity index (χ2v) is 83.8. The Balaban J connectivity index is 9.43. The van der Waals surface area contributed by atoms with Gasteiger partial charge in [0.1, 0.15) is 4.08 Å². The van der Waals surface area contributed by atoms with E-state index in [0.29, 0.717) is 163 Å². The summed E-state index contributed by atoms with van der Waals surface area (Å²) >= 11 is 0. The lowest BCUT2D eigenvalue weighted by Crippen LogP contribution is -2.55. The highest BCUT2D eigenvalue weighted by atomic mass is 33.7. The van der Waals surface area contributed by atoms with Gasteiger partial charge in [-0.3, -0.25) is 0 Å². The number of hydrogen-bond acceptors (Lipinski definition) is 42. The molecule has 0 rings (SSSR count). The maximum Gasteiger partial charge on any atom is 0.512 e. The van der Waals surface area contributed by atoms with Gasteiger partial charge in [0.25, 0.3) is 0 Å². The number of unbranched alkanes of at least 4 members (excludes halogenated alkanes) is 1. The monoisotopic (exact) mass is 2250 g/mol. The van der Waals surface area contributed by atoms with Gasteiger partial charge in [-0.15, -0.1) is 0 Å². The van der Waals surface area contributed by atoms with E-state index < -0.39 is 65.1 Å². The van der Waals surface area contributed by atoms with Gasteiger partial charge in [-0.1, -0.05) is 222 Å². The maximum atomic E-state index is 6.53. The van der Waals surface area contributed by atoms with Crippen LogP contribution in [-0.2, 0) is 79.7 Å². The van der Waals surface area contributed by atoms with E-state index in [0.717, 1.165) is 37.0 Å². The van der Waals surface area contributed by atoms with Crippen LogP contribution in [0.15, 0.2) is 0 Å². The molecular formula is C72H158O18S24Si6. The van der Waals surface area contributed by atoms with Crippen molar-refractivity contribution < 1.29 is 79.7 Å². The van der Waals surface area contributed by atoms with Crippen LogP contribution in [0, 0.1) is 29.6 Å². The summed E-state index contributed by atoms with van der Waals surface area (Å²) in [6.45, 7) is 62.9. The highest BCUT2D eigenvalue weighted by Crippen LogP contribution is 2.81. The first-order valence-electron chi connectivity index (χ1n) is 43.2. The van der Waals surface area contributed by atoms with Gasteiger partial charge in [0.2, 0.25) is 0 Å². The van der Waals surface area contributed by atoms with E-state index in [-0.39, 0.29) is 0 Å². The molecule has 0 N–H and O–H groups in total. The van der Waals surface area contributed by atoms with E-state index in [1.54, 1.807) is 124 Å². The summed E-state index contributed by atoms with van der Waals surface area (Å²) in [5.74, 6) is 3.53. The molecule has 5 atom stereocenters. The Morgan fingerprint density at radius 3 is 0.583 bits per heavy atom. The fourth-order valence-electron chi connectivity index (χ4n) is 12.2. The van der Waals surface area contributed by atoms with E-state index >= 15 is 0 Å². The quantitative estimate of drug-likeness (QED) is 0.0244. The summed E-state index contributed by atoms with van der Waals surface area (Å²) in [5.41, 5.74) is 0. The molecule has 0 spiro atoms. The molecule has 0 bridgehead atoms. The zero-order valence-electron chi connectivity index (χ0n) is 77.1. The van der Waals surface area contributed by atoms with Crippen LogP contribution in [0.3, 0.4) is 0 Å². The summed E-state index contributed by atoms with van der Waals surface area (Å²) < 4.78 is 115. The molecular weight excluding hydrogens is 2090 g/mol. The predicted molar refractivity (Wildman–Crippen MR) is 590 cm³/mol. The average molecular weight is 2250 g/mol. The zero-order chi connectivity index (χ0) is 89.7. The van der Waals surface area contributed by atoms with Crippen LogP contribution in [-0.4, -0.2) is 216 Å². The second kappa shape index (κ2) is 81.6. The minimum absolute atomic E-state index is 0.425. The molecule has 0 aromatic carbocycles. The van der Waals surface area contributed by atoms with Gasteiger partial charge in [-0.05, 0) is 324 Å². The highest BCUT2D eigenvalue weighted by Gasteiger charge is 2.66. The lowest BCUT2D eigenvalue weighted by atomic mass is 9.90. The fraction of sp³-hybridized carbons (Fsp3) is 1.00. The molecule has 0 radical (unpaired) electrons. The van der Waals surface area contributed by atoms with Crippen LogP contribution in [0.5, 0.6) is 0 Å². The van der Waals surface area contributed by atoms with Crippen molar-refractivity contribution in [3.63, 3.8) is 0 Å². The van der Waals surface area contributed by atoms with Gasteiger partial charge in [-0.25, -0.2) is 0 Å². The van der Waals surface area contributed by atoms with Crippen LogP contribution in [0.4, 0.5) is 0 Å². The first-order valence-corrected chi connectivity index (χ1v) is 84.7. The molecule has 0 fully saturated rings. The van der Waals surface area contributed by atoms with Crippen molar-refractivity contribution in [1.29, 1.82) is 0 Å². The first kappa shape index (κ1) is 129. The van der Waals surface area contributed by atoms with Gasteiger partial charge in [0.15, 0.2) is 3.41 Å². The van der Waals surface area contributed by atoms with E-state index in [1.807, 2.05) is 248 Å². The van der Waals surface area contributed by atoms with Crippen molar-refractivity contribution in [2.24, 2.45) is 29.6 Å². The minimum atomic E-state index is -3.07. The molecule has 0 saturated heterocycles. The van der Waals surface area contributed by atoms with Crippen LogP contribution in [0.25, 0.3) is 0 Å². The largest absolute Gasteiger partial charge is 0.512 e. The van der Waals surface area contributed by atoms with E-state index in [9.17, 15) is 0 Å². The average Bonchev–Trinajstić information content (AvgIpc) is 0.727. The normalized spacial score (nSPS) is 14.8. The van der Waals surface area contributed by atoms with Gasteiger partial charge in [0, 0.05) is 119 Å². The van der Waals surface area contributed by atoms with Crippen molar-refractivity contribution in [3.8, 4) is 0 Å². The topological polar surface area (TPSA) is 166 Å². The fourth-order valence-corrected chi connectivity index (χ4v) is 94.4. The maximum absolute atomic E-state index is 6.53. The molecule has 18 nitrogen and oxygen atoms in total. The van der Waals surface area contributed by atoms with Gasteiger partial charge in [-0.2, -0.15) is 0 Å². The molecule has 5 unspecified atom stereocenters. The van der Waals surface area contributed by atoms with E-state index in [2.05, 4.69) is 48.5 Å². The second-order valence-electron chi connectivity index (χ2n) is 27.6. The molecule has 0 aliphatic heterocycles. The third-order valence-corrected chi connectivity index (χ3v) is 89.3. The van der Waals surface area contributed by atoms with Crippen molar-refractivity contribution in [3.05, 3.63) is 0 Å². The minimum Gasteiger partial charge on any atom is -0.373 e. The summed E-state index contributed by atoms with van der Waals surface area (Å²) in [7, 11) is 25.9. The van der Waals surface area contributed by atoms with Gasteiger partial charge < -0.3 is 79.7 Å². The predicted octanol–water partition coefficient (Wildman–Crippen LogP) is 31.7. The zero-order valence-corrected chi connectivity index (χ0v) is 103. The van der Waals surface area contributed by atoms with Crippen molar-refractivity contribution in [2.75, 3.05) is 151 Å². The Labute approximate surface area is 831 Å². The van der Waals surface area contributed by atoms with Gasteiger partial charge in [0.05, 0.1) is 37.0 Å². The van der Waals surface area contributed by atoms with Crippen LogP contribution >= 0.6 is 247 Å². The summed E-state index contributed by atoms with van der Waals surface area (Å²) in [4.78, 5) is 0. The van der Waals surface area contributed by atoms with E-state index in [4.69, 9.17) is 79.7 Å². The first-order chi connectivity index (χ1) is 57.8. The molecule has 0 aromatic rings. The van der Waals surface area contributed by atoms with Crippen molar-refractivity contribution in [1.82, 2.24) is 0 Å². The number of hydrogen-bond donors (Lipinski definition) is 0. The van der Waals surface area contributed by atoms with Crippen LogP contribution < -0.4 is 0 Å². The Kier molecular flexibility index (Phi) is 87.8. The lowest BCUT2D eigenvalue weighted by molar-refractivity contribution is 0.0765. The Morgan fingerprint density at radius 2 is 0.383 bits per heavy atom. The molecule has 0 saturated carbocycles. The molecule has 0 heterocycles. The summed E-state index contributed by atoms with van der Waals surface area (Å²) in [6.07, 6.45) is 18.9. The van der Waals surface area contributed by atoms with E-state index in [1.165, 1.54) is 77.0 Å². The third kappa shape index (κ3) is 55.8. The number of rotatable bonds is 94. The standard InChI is InChI=1S/C72H158O18S24Si6/c1-26-73-115(74-27-2,75-28-3)59-91-103-109-97-70(25,72(100-112-106-94-62-118(82-35-10,83-36-11)84-37-12,101-113-107-95-63-119(85-38-13,86-39-14)87-40-15)102-114-108-96-64-120(88-41-16,89-42-17)90-43-18)71(98-110-104-92-60-116(76-29-4,77-30-5)78-31-6,99-111-105-93-61-117(79-32-7,80-33-8)81-34-9)58-57-69(24)56-48-54-67(22)51-45-44-50-66(21)53-47-55-68(23)52-46-49-65(19)20/h65-69H,26-64H2,1-25H3. The van der Waals surface area contributed by atoms with Crippen LogP contribution in [0.2, 0.25) is 0 Å². The van der Waals surface area contributed by atoms with Crippen LogP contribution in [0.1, 0.15) is 269 Å². The molecule has 0 aliphatic carbocycles. The Hall–Kier alpha value is 8.98. The Morgan fingerprint density at radius 1 is 0.208 bits per heavy atom. The molecule has 0 aliphatic rings. The van der Waals surface area contributed by atoms with Gasteiger partial charge >= 0.3 is 52.8 Å². The molecule has 0 amide bonds. The smallest absolute Gasteiger partial charge is 0.373 e. The lowest BCUT2D eigenvalue weighted by Gasteiger charge is -2.54. The van der Waals surface area contributed by atoms with Crippen molar-refractivity contribution in [2.45, 2.75) is 282 Å².